The molecule has 1 aliphatic rings. The van der Waals surface area contributed by atoms with Gasteiger partial charge in [-0.2, -0.15) is 8.42 Å². The number of aromatic carboxylic acids is 1. The van der Waals surface area contributed by atoms with Crippen LogP contribution < -0.4 is 8.92 Å². The van der Waals surface area contributed by atoms with Gasteiger partial charge >= 0.3 is 16.4 Å². The van der Waals surface area contributed by atoms with Crippen molar-refractivity contribution in [2.24, 2.45) is 0 Å². The van der Waals surface area contributed by atoms with E-state index in [4.69, 9.17) is 24.2 Å². The maximum atomic E-state index is 11.1. The molecule has 0 aliphatic carbocycles. The molecule has 0 radical (unpaired) electrons. The summed E-state index contributed by atoms with van der Waals surface area (Å²) in [4.78, 5) is 11.1. The molecule has 0 saturated carbocycles. The van der Waals surface area contributed by atoms with Crippen LogP contribution in [0.25, 0.3) is 0 Å². The van der Waals surface area contributed by atoms with Crippen LogP contribution in [0, 0.1) is 0 Å². The zero-order valence-corrected chi connectivity index (χ0v) is 14.1. The standard InChI is InChI=1S/C13H16O13S/c14-3-7-8(16)9(17)10(18)13(25-7)24-6-2-4(12(19)20)1-5(15)11(6)26-27(21,22)23/h1-2,7-10,13-18H,3H2,(H,19,20)(H,21,22,23)/t7-,8-,9+,10-,13?/m1/s1. The summed E-state index contributed by atoms with van der Waals surface area (Å²) in [7, 11) is -5.16. The second kappa shape index (κ2) is 7.81. The van der Waals surface area contributed by atoms with Gasteiger partial charge in [-0.05, 0) is 12.1 Å². The van der Waals surface area contributed by atoms with Gasteiger partial charge in [0.1, 0.15) is 24.4 Å². The minimum absolute atomic E-state index is 0.588. The zero-order chi connectivity index (χ0) is 20.5. The Kier molecular flexibility index (Phi) is 6.10. The summed E-state index contributed by atoms with van der Waals surface area (Å²) in [5, 5.41) is 57.3. The average molecular weight is 412 g/mol. The van der Waals surface area contributed by atoms with Crippen LogP contribution in [-0.2, 0) is 15.1 Å². The lowest BCUT2D eigenvalue weighted by Gasteiger charge is -2.39. The van der Waals surface area contributed by atoms with Gasteiger partial charge in [0, 0.05) is 0 Å². The van der Waals surface area contributed by atoms with Crippen molar-refractivity contribution in [2.45, 2.75) is 30.7 Å². The number of phenolic OH excluding ortho intramolecular Hbond substituents is 1. The average Bonchev–Trinajstić information content (AvgIpc) is 2.56. The van der Waals surface area contributed by atoms with Crippen LogP contribution in [0.5, 0.6) is 17.2 Å². The number of rotatable bonds is 6. The fourth-order valence-electron chi connectivity index (χ4n) is 2.28. The lowest BCUT2D eigenvalue weighted by molar-refractivity contribution is -0.277. The lowest BCUT2D eigenvalue weighted by Crippen LogP contribution is -2.60. The molecule has 13 nitrogen and oxygen atoms in total. The number of aliphatic hydroxyl groups excluding tert-OH is 4. The molecule has 0 aromatic heterocycles. The third kappa shape index (κ3) is 4.75. The molecule has 0 amide bonds. The van der Waals surface area contributed by atoms with Crippen molar-refractivity contribution < 1.29 is 62.1 Å². The summed E-state index contributed by atoms with van der Waals surface area (Å²) in [6.45, 7) is -0.792. The first kappa shape index (κ1) is 21.1. The van der Waals surface area contributed by atoms with E-state index in [0.717, 1.165) is 0 Å². The van der Waals surface area contributed by atoms with E-state index in [9.17, 15) is 33.6 Å². The summed E-state index contributed by atoms with van der Waals surface area (Å²) >= 11 is 0. The number of benzene rings is 1. The molecular weight excluding hydrogens is 396 g/mol. The molecule has 2 rings (SSSR count). The van der Waals surface area contributed by atoms with Gasteiger partial charge in [-0.25, -0.2) is 4.79 Å². The van der Waals surface area contributed by atoms with Crippen molar-refractivity contribution in [3.05, 3.63) is 17.7 Å². The second-order valence-corrected chi connectivity index (χ2v) is 6.48. The predicted molar refractivity (Wildman–Crippen MR) is 81.6 cm³/mol. The van der Waals surface area contributed by atoms with E-state index in [1.165, 1.54) is 0 Å². The van der Waals surface area contributed by atoms with Crippen molar-refractivity contribution in [3.63, 3.8) is 0 Å². The van der Waals surface area contributed by atoms with Crippen LogP contribution in [0.1, 0.15) is 10.4 Å². The number of hydrogen-bond donors (Lipinski definition) is 7. The van der Waals surface area contributed by atoms with E-state index in [0.29, 0.717) is 12.1 Å². The molecule has 27 heavy (non-hydrogen) atoms. The molecule has 7 N–H and O–H groups in total. The summed E-state index contributed by atoms with van der Waals surface area (Å²) in [5.41, 5.74) is -0.588. The van der Waals surface area contributed by atoms with Crippen LogP contribution in [0.3, 0.4) is 0 Å². The van der Waals surface area contributed by atoms with Crippen molar-refractivity contribution >= 4 is 16.4 Å². The molecule has 1 unspecified atom stereocenters. The Morgan fingerprint density at radius 1 is 1.15 bits per heavy atom. The highest BCUT2D eigenvalue weighted by atomic mass is 32.3. The Morgan fingerprint density at radius 2 is 1.78 bits per heavy atom. The smallest absolute Gasteiger partial charge is 0.446 e. The number of hydrogen-bond acceptors (Lipinski definition) is 11. The first-order valence-corrected chi connectivity index (χ1v) is 8.55. The van der Waals surface area contributed by atoms with E-state index in [1.807, 2.05) is 0 Å². The lowest BCUT2D eigenvalue weighted by atomic mass is 9.99. The molecule has 1 aromatic rings. The number of aliphatic hydroxyl groups is 4. The van der Waals surface area contributed by atoms with E-state index in [-0.39, 0.29) is 0 Å². The van der Waals surface area contributed by atoms with Gasteiger partial charge in [-0.1, -0.05) is 0 Å². The molecule has 1 fully saturated rings. The van der Waals surface area contributed by atoms with E-state index in [1.54, 1.807) is 0 Å². The second-order valence-electron chi connectivity index (χ2n) is 5.45. The summed E-state index contributed by atoms with van der Waals surface area (Å²) in [6.07, 6.45) is -8.69. The Balaban J connectivity index is 2.44. The maximum absolute atomic E-state index is 11.1. The van der Waals surface area contributed by atoms with E-state index in [2.05, 4.69) is 4.18 Å². The number of carboxylic acid groups (broad SMARTS) is 1. The molecule has 5 atom stereocenters. The topological polar surface area (TPSA) is 221 Å². The molecule has 0 bridgehead atoms. The number of ether oxygens (including phenoxy) is 2. The van der Waals surface area contributed by atoms with Crippen molar-refractivity contribution in [1.82, 2.24) is 0 Å². The number of carbonyl (C=O) groups is 1. The van der Waals surface area contributed by atoms with Crippen molar-refractivity contribution in [1.29, 1.82) is 0 Å². The number of carboxylic acids is 1. The molecule has 152 valence electrons. The maximum Gasteiger partial charge on any atom is 0.446 e. The number of phenols is 1. The van der Waals surface area contributed by atoms with Gasteiger partial charge in [-0.15, -0.1) is 0 Å². The third-order valence-corrected chi connectivity index (χ3v) is 3.94. The van der Waals surface area contributed by atoms with E-state index < -0.39 is 76.5 Å². The largest absolute Gasteiger partial charge is 0.504 e. The minimum atomic E-state index is -5.16. The highest BCUT2D eigenvalue weighted by molar-refractivity contribution is 7.81. The molecular formula is C13H16O13S. The van der Waals surface area contributed by atoms with E-state index >= 15 is 0 Å². The van der Waals surface area contributed by atoms with Crippen LogP contribution in [0.15, 0.2) is 12.1 Å². The minimum Gasteiger partial charge on any atom is -0.504 e. The fourth-order valence-corrected chi connectivity index (χ4v) is 2.66. The quantitative estimate of drug-likeness (QED) is 0.239. The summed E-state index contributed by atoms with van der Waals surface area (Å²) in [6, 6.07) is 1.28. The molecule has 14 heteroatoms. The highest BCUT2D eigenvalue weighted by Crippen LogP contribution is 2.40. The predicted octanol–water partition coefficient (Wildman–Crippen LogP) is -2.55. The van der Waals surface area contributed by atoms with Crippen LogP contribution in [0.4, 0.5) is 0 Å². The number of aromatic hydroxyl groups is 1. The highest BCUT2D eigenvalue weighted by Gasteiger charge is 2.45. The van der Waals surface area contributed by atoms with Crippen molar-refractivity contribution in [2.75, 3.05) is 6.61 Å². The van der Waals surface area contributed by atoms with Gasteiger partial charge in [0.2, 0.25) is 12.0 Å². The molecule has 1 aromatic carbocycles. The Bertz CT molecular complexity index is 805. The third-order valence-electron chi connectivity index (χ3n) is 3.56. The summed E-state index contributed by atoms with van der Waals surface area (Å²) < 4.78 is 44.9. The first-order valence-electron chi connectivity index (χ1n) is 7.19. The normalized spacial score (nSPS) is 28.6. The SMILES string of the molecule is O=C(O)c1cc(O)c(OS(=O)(=O)O)c(OC2O[C@H](CO)[C@@H](O)[C@H](O)[C@H]2O)c1. The van der Waals surface area contributed by atoms with Gasteiger partial charge < -0.3 is 44.3 Å². The van der Waals surface area contributed by atoms with Gasteiger partial charge in [-0.3, -0.25) is 4.55 Å². The Hall–Kier alpha value is -2.20. The van der Waals surface area contributed by atoms with Gasteiger partial charge in [0.05, 0.1) is 12.2 Å². The molecule has 0 spiro atoms. The molecule has 1 heterocycles. The first-order chi connectivity index (χ1) is 12.4. The van der Waals surface area contributed by atoms with Gasteiger partial charge in [0.15, 0.2) is 11.5 Å². The molecule has 1 saturated heterocycles. The van der Waals surface area contributed by atoms with Crippen molar-refractivity contribution in [3.8, 4) is 17.2 Å². The Morgan fingerprint density at radius 3 is 2.30 bits per heavy atom. The van der Waals surface area contributed by atoms with Gasteiger partial charge in [0.25, 0.3) is 0 Å². The fraction of sp³-hybridized carbons (Fsp3) is 0.462. The van der Waals surface area contributed by atoms with Crippen LogP contribution in [0.2, 0.25) is 0 Å². The van der Waals surface area contributed by atoms with Crippen LogP contribution >= 0.6 is 0 Å². The summed E-state index contributed by atoms with van der Waals surface area (Å²) in [5.74, 6) is -4.43. The monoisotopic (exact) mass is 412 g/mol. The van der Waals surface area contributed by atoms with Crippen LogP contribution in [-0.4, -0.2) is 86.9 Å². The zero-order valence-electron chi connectivity index (χ0n) is 13.2. The Labute approximate surface area is 151 Å². The molecule has 1 aliphatic heterocycles.